The molecule has 1 aromatic carbocycles. The number of carbonyl (C=O) groups excluding carboxylic acids is 1. The largest absolute Gasteiger partial charge is 0.495 e. The van der Waals surface area contributed by atoms with Gasteiger partial charge < -0.3 is 14.0 Å². The average Bonchev–Trinajstić information content (AvgIpc) is 3.05. The summed E-state index contributed by atoms with van der Waals surface area (Å²) in [6.07, 6.45) is 0. The first-order valence-corrected chi connectivity index (χ1v) is 9.55. The second-order valence-electron chi connectivity index (χ2n) is 5.47. The summed E-state index contributed by atoms with van der Waals surface area (Å²) in [6, 6.07) is 5.80. The summed E-state index contributed by atoms with van der Waals surface area (Å²) < 4.78 is 42.2. The molecule has 2 aromatic rings. The molecule has 142 valence electrons. The van der Waals surface area contributed by atoms with E-state index in [0.29, 0.717) is 24.5 Å². The van der Waals surface area contributed by atoms with Crippen LogP contribution in [-0.2, 0) is 21.4 Å². The Morgan fingerprint density at radius 2 is 1.92 bits per heavy atom. The van der Waals surface area contributed by atoms with Crippen LogP contribution in [0.5, 0.6) is 5.75 Å². The maximum Gasteiger partial charge on any atom is 0.338 e. The third-order valence-electron chi connectivity index (χ3n) is 3.74. The van der Waals surface area contributed by atoms with Crippen molar-refractivity contribution in [2.24, 2.45) is 0 Å². The maximum absolute atomic E-state index is 12.8. The molecule has 0 saturated heterocycles. The number of carbonyl (C=O) groups is 1. The summed E-state index contributed by atoms with van der Waals surface area (Å²) in [5.41, 5.74) is 0.779. The van der Waals surface area contributed by atoms with Crippen molar-refractivity contribution in [3.05, 3.63) is 41.3 Å². The molecule has 0 saturated carbocycles. The summed E-state index contributed by atoms with van der Waals surface area (Å²) in [5, 5.41) is 3.71. The van der Waals surface area contributed by atoms with E-state index in [1.165, 1.54) is 29.6 Å². The molecule has 0 atom stereocenters. The lowest BCUT2D eigenvalue weighted by atomic mass is 10.2. The van der Waals surface area contributed by atoms with Crippen LogP contribution in [-0.4, -0.2) is 44.0 Å². The topological polar surface area (TPSA) is 98.9 Å². The minimum Gasteiger partial charge on any atom is -0.495 e. The van der Waals surface area contributed by atoms with Gasteiger partial charge in [-0.2, -0.15) is 4.31 Å². The van der Waals surface area contributed by atoms with Crippen molar-refractivity contribution in [2.45, 2.75) is 32.3 Å². The second kappa shape index (κ2) is 8.33. The minimum atomic E-state index is -3.79. The Kier molecular flexibility index (Phi) is 6.38. The number of benzene rings is 1. The molecule has 0 aliphatic carbocycles. The van der Waals surface area contributed by atoms with Gasteiger partial charge in [0.05, 0.1) is 18.4 Å². The molecule has 2 rings (SSSR count). The molecule has 0 amide bonds. The van der Waals surface area contributed by atoms with E-state index >= 15 is 0 Å². The number of hydrogen-bond acceptors (Lipinski definition) is 7. The molecular weight excluding hydrogens is 360 g/mol. The highest BCUT2D eigenvalue weighted by atomic mass is 32.2. The number of hydrogen-bond donors (Lipinski definition) is 0. The SMILES string of the molecule is CCN(CC)S(=O)(=O)c1cc(C(=O)OCc2cc(C)no2)ccc1OC. The number of ether oxygens (including phenoxy) is 2. The Hall–Kier alpha value is -2.39. The number of esters is 1. The second-order valence-corrected chi connectivity index (χ2v) is 7.37. The van der Waals surface area contributed by atoms with Gasteiger partial charge in [-0.05, 0) is 25.1 Å². The summed E-state index contributed by atoms with van der Waals surface area (Å²) in [6.45, 7) is 5.76. The van der Waals surface area contributed by atoms with Gasteiger partial charge >= 0.3 is 5.97 Å². The highest BCUT2D eigenvalue weighted by Gasteiger charge is 2.27. The fraction of sp³-hybridized carbons (Fsp3) is 0.412. The molecule has 0 unspecified atom stereocenters. The van der Waals surface area contributed by atoms with E-state index in [0.717, 1.165) is 0 Å². The van der Waals surface area contributed by atoms with Crippen LogP contribution < -0.4 is 4.74 Å². The predicted octanol–water partition coefficient (Wildman–Crippen LogP) is 2.38. The standard InChI is InChI=1S/C17H22N2O6S/c1-5-19(6-2)26(21,22)16-10-13(7-8-15(16)23-4)17(20)24-11-14-9-12(3)18-25-14/h7-10H,5-6,11H2,1-4H3. The van der Waals surface area contributed by atoms with E-state index in [-0.39, 0.29) is 22.8 Å². The molecule has 0 bridgehead atoms. The first-order valence-electron chi connectivity index (χ1n) is 8.11. The quantitative estimate of drug-likeness (QED) is 0.646. The van der Waals surface area contributed by atoms with Crippen molar-refractivity contribution in [2.75, 3.05) is 20.2 Å². The minimum absolute atomic E-state index is 0.0753. The number of sulfonamides is 1. The Morgan fingerprint density at radius 1 is 1.23 bits per heavy atom. The van der Waals surface area contributed by atoms with Crippen LogP contribution in [0.2, 0.25) is 0 Å². The number of rotatable bonds is 8. The molecule has 9 heteroatoms. The summed E-state index contributed by atoms with van der Waals surface area (Å²) in [5.74, 6) is -0.0997. The van der Waals surface area contributed by atoms with Crippen LogP contribution in [0.3, 0.4) is 0 Å². The third kappa shape index (κ3) is 4.23. The van der Waals surface area contributed by atoms with Crippen molar-refractivity contribution in [3.8, 4) is 5.75 Å². The van der Waals surface area contributed by atoms with Crippen molar-refractivity contribution in [1.82, 2.24) is 9.46 Å². The predicted molar refractivity (Wildman–Crippen MR) is 93.5 cm³/mol. The van der Waals surface area contributed by atoms with Crippen LogP contribution in [0.25, 0.3) is 0 Å². The van der Waals surface area contributed by atoms with Crippen molar-refractivity contribution in [3.63, 3.8) is 0 Å². The molecule has 0 radical (unpaired) electrons. The smallest absolute Gasteiger partial charge is 0.338 e. The van der Waals surface area contributed by atoms with Crippen LogP contribution in [0.1, 0.15) is 35.7 Å². The van der Waals surface area contributed by atoms with Crippen molar-refractivity contribution < 1.29 is 27.2 Å². The van der Waals surface area contributed by atoms with Gasteiger partial charge in [0.15, 0.2) is 12.4 Å². The number of aryl methyl sites for hydroxylation is 1. The molecule has 0 aliphatic heterocycles. The summed E-state index contributed by atoms with van der Waals surface area (Å²) >= 11 is 0. The Bertz CT molecular complexity index is 871. The van der Waals surface area contributed by atoms with E-state index in [2.05, 4.69) is 5.16 Å². The Labute approximate surface area is 152 Å². The van der Waals surface area contributed by atoms with Gasteiger partial charge in [-0.3, -0.25) is 0 Å². The van der Waals surface area contributed by atoms with Crippen molar-refractivity contribution >= 4 is 16.0 Å². The Morgan fingerprint density at radius 3 is 2.46 bits per heavy atom. The monoisotopic (exact) mass is 382 g/mol. The Balaban J connectivity index is 2.29. The molecule has 1 aromatic heterocycles. The van der Waals surface area contributed by atoms with Crippen LogP contribution in [0, 0.1) is 6.92 Å². The van der Waals surface area contributed by atoms with Gasteiger partial charge in [-0.25, -0.2) is 13.2 Å². The van der Waals surface area contributed by atoms with Gasteiger partial charge in [-0.15, -0.1) is 0 Å². The first kappa shape index (κ1) is 19.9. The van der Waals surface area contributed by atoms with E-state index in [4.69, 9.17) is 14.0 Å². The van der Waals surface area contributed by atoms with E-state index in [1.807, 2.05) is 0 Å². The summed E-state index contributed by atoms with van der Waals surface area (Å²) in [7, 11) is -2.42. The highest BCUT2D eigenvalue weighted by Crippen LogP contribution is 2.28. The number of methoxy groups -OCH3 is 1. The normalized spacial score (nSPS) is 11.6. The molecule has 8 nitrogen and oxygen atoms in total. The fourth-order valence-electron chi connectivity index (χ4n) is 2.41. The molecule has 1 heterocycles. The molecular formula is C17H22N2O6S. The molecule has 0 fully saturated rings. The van der Waals surface area contributed by atoms with Gasteiger partial charge in [-0.1, -0.05) is 19.0 Å². The van der Waals surface area contributed by atoms with Crippen molar-refractivity contribution in [1.29, 1.82) is 0 Å². The van der Waals surface area contributed by atoms with Gasteiger partial charge in [0, 0.05) is 19.2 Å². The van der Waals surface area contributed by atoms with E-state index in [9.17, 15) is 13.2 Å². The molecule has 0 spiro atoms. The zero-order valence-electron chi connectivity index (χ0n) is 15.2. The van der Waals surface area contributed by atoms with E-state index in [1.54, 1.807) is 26.8 Å². The molecule has 26 heavy (non-hydrogen) atoms. The van der Waals surface area contributed by atoms with E-state index < -0.39 is 16.0 Å². The zero-order chi connectivity index (χ0) is 19.3. The fourth-order valence-corrected chi connectivity index (χ4v) is 4.05. The average molecular weight is 382 g/mol. The lowest BCUT2D eigenvalue weighted by molar-refractivity contribution is 0.0437. The lowest BCUT2D eigenvalue weighted by Gasteiger charge is -2.20. The lowest BCUT2D eigenvalue weighted by Crippen LogP contribution is -2.31. The zero-order valence-corrected chi connectivity index (χ0v) is 16.0. The summed E-state index contributed by atoms with van der Waals surface area (Å²) in [4.78, 5) is 12.2. The number of aromatic nitrogens is 1. The van der Waals surface area contributed by atoms with Gasteiger partial charge in [0.1, 0.15) is 10.6 Å². The van der Waals surface area contributed by atoms with Gasteiger partial charge in [0.25, 0.3) is 0 Å². The van der Waals surface area contributed by atoms with Crippen LogP contribution in [0.4, 0.5) is 0 Å². The van der Waals surface area contributed by atoms with Crippen LogP contribution >= 0.6 is 0 Å². The van der Waals surface area contributed by atoms with Gasteiger partial charge in [0.2, 0.25) is 10.0 Å². The van der Waals surface area contributed by atoms with Crippen LogP contribution in [0.15, 0.2) is 33.7 Å². The third-order valence-corrected chi connectivity index (χ3v) is 5.82. The first-order chi connectivity index (χ1) is 12.3. The maximum atomic E-state index is 12.8. The molecule has 0 N–H and O–H groups in total. The molecule has 0 aliphatic rings. The number of nitrogens with zero attached hydrogens (tertiary/aromatic N) is 2. The highest BCUT2D eigenvalue weighted by molar-refractivity contribution is 7.89.